The van der Waals surface area contributed by atoms with E-state index in [1.54, 1.807) is 0 Å². The number of hydrogen-bond acceptors (Lipinski definition) is 5. The Labute approximate surface area is 445 Å². The average Bonchev–Trinajstić information content (AvgIpc) is 4.13. The second-order valence-electron chi connectivity index (χ2n) is 22.9. The zero-order valence-electron chi connectivity index (χ0n) is 43.9. The van der Waals surface area contributed by atoms with E-state index in [9.17, 15) is 0 Å². The summed E-state index contributed by atoms with van der Waals surface area (Å²) >= 11 is 0. The predicted octanol–water partition coefficient (Wildman–Crippen LogP) is 21.5. The maximum Gasteiger partial charge on any atom is 0.159 e. The number of anilines is 6. The second-order valence-corrected chi connectivity index (χ2v) is 22.9. The maximum absolute atomic E-state index is 6.98. The van der Waals surface area contributed by atoms with E-state index in [1.807, 2.05) is 12.1 Å². The van der Waals surface area contributed by atoms with Crippen molar-refractivity contribution in [3.8, 4) is 0 Å². The van der Waals surface area contributed by atoms with Gasteiger partial charge in [0.15, 0.2) is 11.2 Å². The molecule has 0 aliphatic carbocycles. The predicted molar refractivity (Wildman–Crippen MR) is 325 cm³/mol. The number of benzene rings is 12. The van der Waals surface area contributed by atoms with Crippen molar-refractivity contribution < 1.29 is 13.3 Å². The smallest absolute Gasteiger partial charge is 0.159 e. The van der Waals surface area contributed by atoms with Crippen molar-refractivity contribution in [3.63, 3.8) is 0 Å². The minimum absolute atomic E-state index is 0.173. The highest BCUT2D eigenvalue weighted by Crippen LogP contribution is 2.51. The molecule has 370 valence electrons. The van der Waals surface area contributed by atoms with E-state index in [4.69, 9.17) is 13.3 Å². The van der Waals surface area contributed by atoms with E-state index in [1.165, 1.54) is 32.7 Å². The molecule has 3 aromatic heterocycles. The van der Waals surface area contributed by atoms with Crippen molar-refractivity contribution in [1.82, 2.24) is 0 Å². The van der Waals surface area contributed by atoms with Gasteiger partial charge in [0, 0.05) is 54.5 Å². The Bertz CT molecular complexity index is 4610. The normalized spacial score (nSPS) is 12.5. The molecule has 5 nitrogen and oxygen atoms in total. The minimum Gasteiger partial charge on any atom is -0.456 e. The fourth-order valence-electron chi connectivity index (χ4n) is 12.3. The minimum atomic E-state index is -0.173. The van der Waals surface area contributed by atoms with Gasteiger partial charge in [-0.1, -0.05) is 187 Å². The van der Waals surface area contributed by atoms with Crippen LogP contribution < -0.4 is 9.80 Å². The Morgan fingerprint density at radius 2 is 0.662 bits per heavy atom. The summed E-state index contributed by atoms with van der Waals surface area (Å²) in [5.41, 5.74) is 13.6. The van der Waals surface area contributed by atoms with Gasteiger partial charge >= 0.3 is 0 Å². The maximum atomic E-state index is 6.98. The summed E-state index contributed by atoms with van der Waals surface area (Å²) in [6, 6.07) is 79.1. The fourth-order valence-corrected chi connectivity index (χ4v) is 12.3. The van der Waals surface area contributed by atoms with Gasteiger partial charge in [-0.3, -0.25) is 0 Å². The summed E-state index contributed by atoms with van der Waals surface area (Å²) in [4.78, 5) is 4.86. The third kappa shape index (κ3) is 7.07. The summed E-state index contributed by atoms with van der Waals surface area (Å²) in [6.07, 6.45) is 0. The van der Waals surface area contributed by atoms with Crippen LogP contribution in [0.5, 0.6) is 0 Å². The van der Waals surface area contributed by atoms with Crippen LogP contribution in [0.25, 0.3) is 109 Å². The lowest BCUT2D eigenvalue weighted by Gasteiger charge is -2.33. The van der Waals surface area contributed by atoms with Crippen molar-refractivity contribution in [2.24, 2.45) is 0 Å². The first-order valence-electron chi connectivity index (χ1n) is 26.7. The highest BCUT2D eigenvalue weighted by Gasteiger charge is 2.30. The van der Waals surface area contributed by atoms with Crippen LogP contribution >= 0.6 is 0 Å². The van der Waals surface area contributed by atoms with Gasteiger partial charge in [0.1, 0.15) is 22.3 Å². The van der Waals surface area contributed by atoms with E-state index < -0.39 is 0 Å². The molecule has 77 heavy (non-hydrogen) atoms. The number of rotatable bonds is 6. The van der Waals surface area contributed by atoms with E-state index in [0.717, 1.165) is 121 Å². The van der Waals surface area contributed by atoms with Gasteiger partial charge in [-0.05, 0) is 127 Å². The van der Waals surface area contributed by atoms with Gasteiger partial charge in [0.25, 0.3) is 0 Å². The Hall–Kier alpha value is -9.32. The lowest BCUT2D eigenvalue weighted by atomic mass is 9.83. The monoisotopic (exact) mass is 994 g/mol. The zero-order chi connectivity index (χ0) is 51.9. The Balaban J connectivity index is 0.919. The molecule has 0 saturated carbocycles. The van der Waals surface area contributed by atoms with E-state index in [-0.39, 0.29) is 10.8 Å². The standard InChI is InChI=1S/C72H54N2O3/c1-71(2,3)59-35-31-43-17-7-9-19-51(43)67(59)73(61-25-15-23-55-53-21-11-13-27-63(53)76-69(55)61)49-33-29-45-39-57-58-40-46-30-34-50(38-48(46)42-66(58)75-65(57)41-47(45)37-49)74(62-26-16-24-56-54-22-12-14-28-64(54)77-70(56)62)68-52-20-10-8-18-44(52)32-36-60(68)72(4,5)6/h7-42H,1-6H3. The van der Waals surface area contributed by atoms with Crippen LogP contribution in [0, 0.1) is 0 Å². The first-order valence-corrected chi connectivity index (χ1v) is 26.7. The average molecular weight is 995 g/mol. The molecule has 0 atom stereocenters. The van der Waals surface area contributed by atoms with Gasteiger partial charge in [-0.15, -0.1) is 0 Å². The number of fused-ring (bicyclic) bond motifs is 13. The van der Waals surface area contributed by atoms with Crippen LogP contribution in [0.2, 0.25) is 0 Å². The fraction of sp³-hybridized carbons (Fsp3) is 0.111. The van der Waals surface area contributed by atoms with Crippen molar-refractivity contribution in [3.05, 3.63) is 230 Å². The van der Waals surface area contributed by atoms with Crippen LogP contribution in [0.3, 0.4) is 0 Å². The molecule has 0 saturated heterocycles. The molecule has 0 spiro atoms. The highest BCUT2D eigenvalue weighted by molar-refractivity contribution is 6.17. The molecule has 0 amide bonds. The molecule has 0 unspecified atom stereocenters. The first kappa shape index (κ1) is 45.1. The molecule has 15 aromatic rings. The van der Waals surface area contributed by atoms with Crippen LogP contribution in [0.1, 0.15) is 52.7 Å². The number of para-hydroxylation sites is 4. The van der Waals surface area contributed by atoms with Crippen molar-refractivity contribution in [1.29, 1.82) is 0 Å². The summed E-state index contributed by atoms with van der Waals surface area (Å²) in [5, 5.41) is 15.7. The van der Waals surface area contributed by atoms with E-state index in [0.29, 0.717) is 0 Å². The zero-order valence-corrected chi connectivity index (χ0v) is 43.9. The molecule has 5 heteroatoms. The molecule has 0 bridgehead atoms. The molecular weight excluding hydrogens is 941 g/mol. The first-order chi connectivity index (χ1) is 37.4. The summed E-state index contributed by atoms with van der Waals surface area (Å²) in [5.74, 6) is 0. The molecule has 0 radical (unpaired) electrons. The van der Waals surface area contributed by atoms with Gasteiger partial charge in [-0.25, -0.2) is 0 Å². The third-order valence-electron chi connectivity index (χ3n) is 16.0. The van der Waals surface area contributed by atoms with Gasteiger partial charge in [0.2, 0.25) is 0 Å². The molecule has 0 N–H and O–H groups in total. The van der Waals surface area contributed by atoms with E-state index in [2.05, 4.69) is 258 Å². The summed E-state index contributed by atoms with van der Waals surface area (Å²) in [7, 11) is 0. The van der Waals surface area contributed by atoms with Crippen LogP contribution in [0.15, 0.2) is 232 Å². The summed E-state index contributed by atoms with van der Waals surface area (Å²) < 4.78 is 20.6. The van der Waals surface area contributed by atoms with Crippen LogP contribution in [-0.2, 0) is 10.8 Å². The lowest BCUT2D eigenvalue weighted by Crippen LogP contribution is -2.19. The summed E-state index contributed by atoms with van der Waals surface area (Å²) in [6.45, 7) is 13.8. The Morgan fingerprint density at radius 1 is 0.273 bits per heavy atom. The lowest BCUT2D eigenvalue weighted by molar-refractivity contribution is 0.591. The SMILES string of the molecule is CC(C)(C)c1ccc2ccccc2c1N(c1ccc2cc3c(cc2c1)oc1cc2cc(N(c4c(C(C)(C)C)ccc5ccccc45)c4cccc5c4oc4ccccc45)ccc2cc13)c1cccc2c1oc1ccccc12. The Kier molecular flexibility index (Phi) is 9.72. The van der Waals surface area contributed by atoms with Gasteiger partial charge < -0.3 is 23.1 Å². The number of furan rings is 3. The molecular formula is C72H54N2O3. The molecule has 0 fully saturated rings. The van der Waals surface area contributed by atoms with Gasteiger partial charge in [0.05, 0.1) is 22.7 Å². The molecule has 0 aliphatic heterocycles. The quantitative estimate of drug-likeness (QED) is 0.166. The van der Waals surface area contributed by atoms with Crippen molar-refractivity contribution >= 4 is 143 Å². The molecule has 12 aromatic carbocycles. The molecule has 0 aliphatic rings. The van der Waals surface area contributed by atoms with Crippen LogP contribution in [-0.4, -0.2) is 0 Å². The topological polar surface area (TPSA) is 45.9 Å². The second kappa shape index (κ2) is 16.6. The largest absolute Gasteiger partial charge is 0.456 e. The Morgan fingerprint density at radius 3 is 1.10 bits per heavy atom. The van der Waals surface area contributed by atoms with E-state index >= 15 is 0 Å². The van der Waals surface area contributed by atoms with Crippen molar-refractivity contribution in [2.75, 3.05) is 9.80 Å². The number of hydrogen-bond donors (Lipinski definition) is 0. The molecule has 15 rings (SSSR count). The van der Waals surface area contributed by atoms with Gasteiger partial charge in [-0.2, -0.15) is 0 Å². The highest BCUT2D eigenvalue weighted by atomic mass is 16.3. The third-order valence-corrected chi connectivity index (χ3v) is 16.0. The number of nitrogens with zero attached hydrogens (tertiary/aromatic N) is 2. The van der Waals surface area contributed by atoms with Crippen LogP contribution in [0.4, 0.5) is 34.1 Å². The van der Waals surface area contributed by atoms with Crippen molar-refractivity contribution in [2.45, 2.75) is 52.4 Å². The molecule has 3 heterocycles.